The summed E-state index contributed by atoms with van der Waals surface area (Å²) in [7, 11) is 4.27. The number of carbonyl (C=O) groups excluding carboxylic acids is 2. The molecule has 2 aliphatic rings. The summed E-state index contributed by atoms with van der Waals surface area (Å²) in [6.45, 7) is 2.93. The second-order valence-corrected chi connectivity index (χ2v) is 8.71. The van der Waals surface area contributed by atoms with Crippen molar-refractivity contribution in [2.24, 2.45) is 0 Å². The number of hydrogen-bond acceptors (Lipinski definition) is 5. The van der Waals surface area contributed by atoms with Crippen molar-refractivity contribution in [2.75, 3.05) is 32.1 Å². The summed E-state index contributed by atoms with van der Waals surface area (Å²) in [4.78, 5) is 37.0. The molecule has 2 aromatic rings. The average Bonchev–Trinajstić information content (AvgIpc) is 3.11. The van der Waals surface area contributed by atoms with Crippen molar-refractivity contribution in [3.8, 4) is 0 Å². The molecule has 0 bridgehead atoms. The molecule has 1 aromatic carbocycles. The summed E-state index contributed by atoms with van der Waals surface area (Å²) in [5.41, 5.74) is 1.64. The lowest BCUT2D eigenvalue weighted by Gasteiger charge is -2.48. The van der Waals surface area contributed by atoms with Crippen LogP contribution in [0.1, 0.15) is 48.8 Å². The van der Waals surface area contributed by atoms with E-state index in [2.05, 4.69) is 63.9 Å². The van der Waals surface area contributed by atoms with Crippen molar-refractivity contribution in [1.82, 2.24) is 25.5 Å². The van der Waals surface area contributed by atoms with Crippen LogP contribution < -0.4 is 15.5 Å². The van der Waals surface area contributed by atoms with Crippen LogP contribution in [-0.2, 0) is 5.54 Å². The van der Waals surface area contributed by atoms with Crippen molar-refractivity contribution in [1.29, 1.82) is 0 Å². The zero-order chi connectivity index (χ0) is 22.1. The molecule has 1 aliphatic carbocycles. The van der Waals surface area contributed by atoms with E-state index in [1.807, 2.05) is 13.0 Å². The summed E-state index contributed by atoms with van der Waals surface area (Å²) >= 11 is 0. The van der Waals surface area contributed by atoms with Gasteiger partial charge < -0.3 is 10.6 Å². The van der Waals surface area contributed by atoms with Crippen LogP contribution in [0.2, 0.25) is 0 Å². The molecule has 1 saturated heterocycles. The van der Waals surface area contributed by atoms with Crippen molar-refractivity contribution in [3.05, 3.63) is 54.1 Å². The summed E-state index contributed by atoms with van der Waals surface area (Å²) in [5.74, 6) is -0.208. The van der Waals surface area contributed by atoms with Crippen LogP contribution in [0.3, 0.4) is 0 Å². The van der Waals surface area contributed by atoms with Gasteiger partial charge in [0.1, 0.15) is 0 Å². The Bertz CT molecular complexity index is 936. The van der Waals surface area contributed by atoms with Crippen LogP contribution in [0.4, 0.5) is 10.5 Å². The maximum absolute atomic E-state index is 12.8. The topological polar surface area (TPSA) is 90.5 Å². The molecular weight excluding hydrogens is 392 g/mol. The van der Waals surface area contributed by atoms with E-state index in [0.717, 1.165) is 25.7 Å². The Morgan fingerprint density at radius 3 is 2.35 bits per heavy atom. The molecule has 164 valence electrons. The SMILES string of the molecule is CCNC(=O)c1ncc(N2C[C@]3(CC[C@](c4ccccc4)(N(C)C)CC3)NC2=O)cn1. The van der Waals surface area contributed by atoms with E-state index < -0.39 is 0 Å². The van der Waals surface area contributed by atoms with Gasteiger partial charge in [0.15, 0.2) is 0 Å². The molecule has 2 N–H and O–H groups in total. The van der Waals surface area contributed by atoms with Crippen LogP contribution in [-0.4, -0.2) is 59.5 Å². The van der Waals surface area contributed by atoms with Gasteiger partial charge in [-0.25, -0.2) is 14.8 Å². The highest BCUT2D eigenvalue weighted by atomic mass is 16.2. The molecule has 2 fully saturated rings. The molecule has 0 atom stereocenters. The highest BCUT2D eigenvalue weighted by Gasteiger charge is 2.50. The number of aromatic nitrogens is 2. The third-order valence-electron chi connectivity index (χ3n) is 6.77. The Hall–Kier alpha value is -3.00. The molecule has 1 aliphatic heterocycles. The number of benzene rings is 1. The molecule has 8 heteroatoms. The minimum atomic E-state index is -0.315. The molecule has 0 radical (unpaired) electrons. The van der Waals surface area contributed by atoms with Gasteiger partial charge in [-0.1, -0.05) is 30.3 Å². The van der Waals surface area contributed by atoms with Gasteiger partial charge in [0, 0.05) is 12.1 Å². The maximum Gasteiger partial charge on any atom is 0.322 e. The monoisotopic (exact) mass is 422 g/mol. The van der Waals surface area contributed by atoms with Crippen molar-refractivity contribution >= 4 is 17.6 Å². The Morgan fingerprint density at radius 1 is 1.13 bits per heavy atom. The maximum atomic E-state index is 12.8. The van der Waals surface area contributed by atoms with Crippen LogP contribution in [0.5, 0.6) is 0 Å². The fraction of sp³-hybridized carbons (Fsp3) is 0.478. The van der Waals surface area contributed by atoms with E-state index in [9.17, 15) is 9.59 Å². The van der Waals surface area contributed by atoms with E-state index in [0.29, 0.717) is 18.8 Å². The molecule has 1 spiro atoms. The Kier molecular flexibility index (Phi) is 5.66. The van der Waals surface area contributed by atoms with Crippen LogP contribution in [0.25, 0.3) is 0 Å². The van der Waals surface area contributed by atoms with Crippen molar-refractivity contribution in [2.45, 2.75) is 43.7 Å². The summed E-state index contributed by atoms with van der Waals surface area (Å²) in [6, 6.07) is 10.5. The second kappa shape index (κ2) is 8.26. The second-order valence-electron chi connectivity index (χ2n) is 8.71. The number of hydrogen-bond donors (Lipinski definition) is 2. The highest BCUT2D eigenvalue weighted by molar-refractivity contribution is 5.95. The molecule has 4 rings (SSSR count). The smallest absolute Gasteiger partial charge is 0.322 e. The molecule has 0 unspecified atom stereocenters. The predicted molar refractivity (Wildman–Crippen MR) is 119 cm³/mol. The quantitative estimate of drug-likeness (QED) is 0.773. The summed E-state index contributed by atoms with van der Waals surface area (Å²) in [5, 5.41) is 5.91. The van der Waals surface area contributed by atoms with Gasteiger partial charge in [0.2, 0.25) is 5.82 Å². The average molecular weight is 423 g/mol. The third kappa shape index (κ3) is 3.87. The van der Waals surface area contributed by atoms with Crippen molar-refractivity contribution in [3.63, 3.8) is 0 Å². The molecule has 1 aromatic heterocycles. The predicted octanol–water partition coefficient (Wildman–Crippen LogP) is 2.53. The Balaban J connectivity index is 1.49. The number of rotatable bonds is 5. The summed E-state index contributed by atoms with van der Waals surface area (Å²) < 4.78 is 0. The zero-order valence-electron chi connectivity index (χ0n) is 18.4. The van der Waals surface area contributed by atoms with Gasteiger partial charge >= 0.3 is 6.03 Å². The first-order chi connectivity index (χ1) is 14.9. The van der Waals surface area contributed by atoms with Crippen molar-refractivity contribution < 1.29 is 9.59 Å². The van der Waals surface area contributed by atoms with Gasteiger partial charge in [-0.05, 0) is 52.3 Å². The largest absolute Gasteiger partial charge is 0.350 e. The fourth-order valence-electron chi connectivity index (χ4n) is 4.90. The molecule has 3 amide bonds. The minimum absolute atomic E-state index is 0.0257. The van der Waals surface area contributed by atoms with Crippen LogP contribution in [0.15, 0.2) is 42.7 Å². The first-order valence-corrected chi connectivity index (χ1v) is 10.8. The Morgan fingerprint density at radius 2 is 1.77 bits per heavy atom. The standard InChI is InChI=1S/C23H30N6O2/c1-4-24-20(30)19-25-14-18(15-26-19)29-16-22(27-21(29)31)10-12-23(13-11-22,28(2)3)17-8-6-5-7-9-17/h5-9,14-15H,4,10-13,16H2,1-3H3,(H,24,30)(H,27,31)/t22-,23+. The molecule has 1 saturated carbocycles. The molecular formula is C23H30N6O2. The Labute approximate surface area is 183 Å². The number of nitrogens with one attached hydrogen (secondary N) is 2. The summed E-state index contributed by atoms with van der Waals surface area (Å²) in [6.07, 6.45) is 6.80. The van der Waals surface area contributed by atoms with E-state index in [1.165, 1.54) is 5.56 Å². The number of nitrogens with zero attached hydrogens (tertiary/aromatic N) is 4. The van der Waals surface area contributed by atoms with E-state index in [-0.39, 0.29) is 28.8 Å². The molecule has 8 nitrogen and oxygen atoms in total. The molecule has 2 heterocycles. The van der Waals surface area contributed by atoms with Gasteiger partial charge in [0.25, 0.3) is 5.91 Å². The number of carbonyl (C=O) groups is 2. The van der Waals surface area contributed by atoms with Gasteiger partial charge in [-0.2, -0.15) is 0 Å². The zero-order valence-corrected chi connectivity index (χ0v) is 18.4. The van der Waals surface area contributed by atoms with Crippen LogP contribution in [0, 0.1) is 0 Å². The van der Waals surface area contributed by atoms with Gasteiger partial charge in [-0.3, -0.25) is 14.6 Å². The fourth-order valence-corrected chi connectivity index (χ4v) is 4.90. The minimum Gasteiger partial charge on any atom is -0.350 e. The highest BCUT2D eigenvalue weighted by Crippen LogP contribution is 2.46. The lowest BCUT2D eigenvalue weighted by atomic mass is 9.69. The third-order valence-corrected chi connectivity index (χ3v) is 6.77. The lowest BCUT2D eigenvalue weighted by molar-refractivity contribution is 0.0658. The number of amides is 3. The van der Waals surface area contributed by atoms with E-state index >= 15 is 0 Å². The number of anilines is 1. The van der Waals surface area contributed by atoms with Crippen LogP contribution >= 0.6 is 0 Å². The van der Waals surface area contributed by atoms with E-state index in [1.54, 1.807) is 17.3 Å². The lowest BCUT2D eigenvalue weighted by Crippen LogP contribution is -2.54. The normalized spacial score (nSPS) is 25.7. The van der Waals surface area contributed by atoms with Gasteiger partial charge in [-0.15, -0.1) is 0 Å². The molecule has 31 heavy (non-hydrogen) atoms. The van der Waals surface area contributed by atoms with E-state index in [4.69, 9.17) is 0 Å². The number of urea groups is 1. The first-order valence-electron chi connectivity index (χ1n) is 10.8. The van der Waals surface area contributed by atoms with Gasteiger partial charge in [0.05, 0.1) is 30.2 Å². The first kappa shape index (κ1) is 21.2.